The van der Waals surface area contributed by atoms with Crippen LogP contribution in [0.5, 0.6) is 0 Å². The number of aryl methyl sites for hydroxylation is 1. The highest BCUT2D eigenvalue weighted by atomic mass is 19.1. The van der Waals surface area contributed by atoms with E-state index in [9.17, 15) is 14.0 Å². The predicted molar refractivity (Wildman–Crippen MR) is 52.4 cm³/mol. The number of aldehydes is 1. The third-order valence-corrected chi connectivity index (χ3v) is 2.13. The molecule has 0 bridgehead atoms. The summed E-state index contributed by atoms with van der Waals surface area (Å²) in [6.45, 7) is 1.53. The zero-order valence-corrected chi connectivity index (χ0v) is 7.87. The average Bonchev–Trinajstić information content (AvgIpc) is 2.22. The van der Waals surface area contributed by atoms with Gasteiger partial charge in [-0.2, -0.15) is 0 Å². The molecule has 0 saturated carbocycles. The SMILES string of the molecule is Cc1nc2ccc(C=O)c(F)c2[nH]c1=O. The molecule has 1 heterocycles. The summed E-state index contributed by atoms with van der Waals surface area (Å²) >= 11 is 0. The van der Waals surface area contributed by atoms with Gasteiger partial charge in [0.1, 0.15) is 11.2 Å². The first kappa shape index (κ1) is 9.51. The van der Waals surface area contributed by atoms with E-state index >= 15 is 0 Å². The van der Waals surface area contributed by atoms with Crippen molar-refractivity contribution in [2.24, 2.45) is 0 Å². The van der Waals surface area contributed by atoms with Crippen molar-refractivity contribution in [2.45, 2.75) is 6.92 Å². The van der Waals surface area contributed by atoms with Crippen molar-refractivity contribution in [3.63, 3.8) is 0 Å². The molecular formula is C10H7FN2O2. The number of rotatable bonds is 1. The Bertz CT molecular complexity index is 604. The van der Waals surface area contributed by atoms with Crippen molar-refractivity contribution in [3.05, 3.63) is 39.6 Å². The van der Waals surface area contributed by atoms with Crippen molar-refractivity contribution in [2.75, 3.05) is 0 Å². The molecule has 15 heavy (non-hydrogen) atoms. The van der Waals surface area contributed by atoms with Crippen LogP contribution in [0.3, 0.4) is 0 Å². The minimum Gasteiger partial charge on any atom is -0.317 e. The smallest absolute Gasteiger partial charge is 0.269 e. The molecule has 0 unspecified atom stereocenters. The van der Waals surface area contributed by atoms with Crippen molar-refractivity contribution >= 4 is 17.3 Å². The summed E-state index contributed by atoms with van der Waals surface area (Å²) in [5.74, 6) is -0.743. The number of hydrogen-bond donors (Lipinski definition) is 1. The van der Waals surface area contributed by atoms with Crippen LogP contribution >= 0.6 is 0 Å². The van der Waals surface area contributed by atoms with E-state index in [2.05, 4.69) is 9.97 Å². The lowest BCUT2D eigenvalue weighted by Crippen LogP contribution is -2.12. The zero-order valence-electron chi connectivity index (χ0n) is 7.87. The lowest BCUT2D eigenvalue weighted by Gasteiger charge is -2.01. The fourth-order valence-corrected chi connectivity index (χ4v) is 1.32. The van der Waals surface area contributed by atoms with Crippen LogP contribution in [0.15, 0.2) is 16.9 Å². The first-order chi connectivity index (χ1) is 7.13. The maximum atomic E-state index is 13.5. The molecule has 0 atom stereocenters. The Balaban J connectivity index is 2.93. The van der Waals surface area contributed by atoms with Gasteiger partial charge in [-0.25, -0.2) is 9.37 Å². The highest BCUT2D eigenvalue weighted by Crippen LogP contribution is 2.15. The fourth-order valence-electron chi connectivity index (χ4n) is 1.32. The summed E-state index contributed by atoms with van der Waals surface area (Å²) in [4.78, 5) is 27.9. The molecule has 4 nitrogen and oxygen atoms in total. The Labute approximate surface area is 83.8 Å². The largest absolute Gasteiger partial charge is 0.317 e. The van der Waals surface area contributed by atoms with Crippen molar-refractivity contribution in [1.82, 2.24) is 9.97 Å². The van der Waals surface area contributed by atoms with Crippen molar-refractivity contribution in [3.8, 4) is 0 Å². The highest BCUT2D eigenvalue weighted by molar-refractivity contribution is 5.85. The molecule has 0 radical (unpaired) electrons. The second kappa shape index (κ2) is 3.27. The van der Waals surface area contributed by atoms with Gasteiger partial charge in [-0.3, -0.25) is 9.59 Å². The fraction of sp³-hybridized carbons (Fsp3) is 0.100. The van der Waals surface area contributed by atoms with Gasteiger partial charge in [0.15, 0.2) is 12.1 Å². The van der Waals surface area contributed by atoms with Crippen LogP contribution in [0.4, 0.5) is 4.39 Å². The summed E-state index contributed by atoms with van der Waals surface area (Å²) in [5.41, 5.74) is 0.0133. The van der Waals surface area contributed by atoms with Crippen LogP contribution in [0.1, 0.15) is 16.1 Å². The summed E-state index contributed by atoms with van der Waals surface area (Å²) in [7, 11) is 0. The van der Waals surface area contributed by atoms with Gasteiger partial charge in [-0.05, 0) is 19.1 Å². The van der Waals surface area contributed by atoms with Crippen molar-refractivity contribution in [1.29, 1.82) is 0 Å². The first-order valence-electron chi connectivity index (χ1n) is 4.28. The molecule has 0 aliphatic rings. The van der Waals surface area contributed by atoms with Crippen LogP contribution in [0, 0.1) is 12.7 Å². The normalized spacial score (nSPS) is 10.5. The quantitative estimate of drug-likeness (QED) is 0.712. The van der Waals surface area contributed by atoms with E-state index in [1.807, 2.05) is 0 Å². The molecule has 2 rings (SSSR count). The third-order valence-electron chi connectivity index (χ3n) is 2.13. The van der Waals surface area contributed by atoms with E-state index in [-0.39, 0.29) is 16.8 Å². The number of aromatic amines is 1. The van der Waals surface area contributed by atoms with Crippen LogP contribution in [0.2, 0.25) is 0 Å². The van der Waals surface area contributed by atoms with E-state index < -0.39 is 11.4 Å². The van der Waals surface area contributed by atoms with Gasteiger partial charge in [-0.15, -0.1) is 0 Å². The van der Waals surface area contributed by atoms with Gasteiger partial charge in [0.2, 0.25) is 0 Å². The second-order valence-electron chi connectivity index (χ2n) is 3.13. The number of aromatic nitrogens is 2. The molecule has 1 aromatic heterocycles. The monoisotopic (exact) mass is 206 g/mol. The number of H-pyrrole nitrogens is 1. The molecule has 0 spiro atoms. The summed E-state index contributed by atoms with van der Waals surface area (Å²) in [6, 6.07) is 2.82. The molecule has 2 aromatic rings. The van der Waals surface area contributed by atoms with E-state index in [4.69, 9.17) is 0 Å². The highest BCUT2D eigenvalue weighted by Gasteiger charge is 2.09. The number of halogens is 1. The van der Waals surface area contributed by atoms with Gasteiger partial charge in [-0.1, -0.05) is 0 Å². The summed E-state index contributed by atoms with van der Waals surface area (Å²) < 4.78 is 13.5. The number of carbonyl (C=O) groups excluding carboxylic acids is 1. The molecule has 1 N–H and O–H groups in total. The average molecular weight is 206 g/mol. The van der Waals surface area contributed by atoms with E-state index in [1.165, 1.54) is 19.1 Å². The molecule has 5 heteroatoms. The van der Waals surface area contributed by atoms with Crippen LogP contribution in [-0.4, -0.2) is 16.3 Å². The minimum absolute atomic E-state index is 0.0322. The van der Waals surface area contributed by atoms with Gasteiger partial charge in [0.05, 0.1) is 11.1 Å². The molecule has 0 amide bonds. The molecule has 0 fully saturated rings. The number of fused-ring (bicyclic) bond motifs is 1. The number of nitrogens with zero attached hydrogens (tertiary/aromatic N) is 1. The molecule has 1 aromatic carbocycles. The minimum atomic E-state index is -0.743. The van der Waals surface area contributed by atoms with Crippen molar-refractivity contribution < 1.29 is 9.18 Å². The van der Waals surface area contributed by atoms with Crippen LogP contribution in [-0.2, 0) is 0 Å². The first-order valence-corrected chi connectivity index (χ1v) is 4.28. The Morgan fingerprint density at radius 3 is 2.87 bits per heavy atom. The number of benzene rings is 1. The maximum absolute atomic E-state index is 13.5. The zero-order chi connectivity index (χ0) is 11.0. The summed E-state index contributed by atoms with van der Waals surface area (Å²) in [5, 5.41) is 0. The Hall–Kier alpha value is -2.04. The standard InChI is InChI=1S/C10H7FN2O2/c1-5-10(15)13-9-7(12-5)3-2-6(4-14)8(9)11/h2-4H,1H3,(H,13,15). The van der Waals surface area contributed by atoms with Crippen LogP contribution < -0.4 is 5.56 Å². The van der Waals surface area contributed by atoms with Crippen LogP contribution in [0.25, 0.3) is 11.0 Å². The van der Waals surface area contributed by atoms with Gasteiger partial charge in [0.25, 0.3) is 5.56 Å². The Morgan fingerprint density at radius 1 is 1.47 bits per heavy atom. The Kier molecular flexibility index (Phi) is 2.07. The van der Waals surface area contributed by atoms with Gasteiger partial charge < -0.3 is 4.98 Å². The summed E-state index contributed by atoms with van der Waals surface area (Å²) in [6.07, 6.45) is 0.396. The molecule has 0 aliphatic carbocycles. The third kappa shape index (κ3) is 1.41. The molecule has 76 valence electrons. The Morgan fingerprint density at radius 2 is 2.20 bits per heavy atom. The van der Waals surface area contributed by atoms with E-state index in [0.29, 0.717) is 11.8 Å². The predicted octanol–water partition coefficient (Wildman–Crippen LogP) is 1.18. The maximum Gasteiger partial charge on any atom is 0.269 e. The van der Waals surface area contributed by atoms with E-state index in [1.54, 1.807) is 0 Å². The lowest BCUT2D eigenvalue weighted by atomic mass is 10.2. The molecular weight excluding hydrogens is 199 g/mol. The number of nitrogens with one attached hydrogen (secondary N) is 1. The second-order valence-corrected chi connectivity index (χ2v) is 3.13. The van der Waals surface area contributed by atoms with Gasteiger partial charge >= 0.3 is 0 Å². The topological polar surface area (TPSA) is 62.8 Å². The number of carbonyl (C=O) groups is 1. The molecule has 0 saturated heterocycles. The number of hydrogen-bond acceptors (Lipinski definition) is 3. The lowest BCUT2D eigenvalue weighted by molar-refractivity contribution is 0.112. The van der Waals surface area contributed by atoms with Gasteiger partial charge in [0, 0.05) is 0 Å². The van der Waals surface area contributed by atoms with E-state index in [0.717, 1.165) is 0 Å². The molecule has 0 aliphatic heterocycles.